The van der Waals surface area contributed by atoms with Gasteiger partial charge in [0.05, 0.1) is 12.7 Å². The summed E-state index contributed by atoms with van der Waals surface area (Å²) in [5.41, 5.74) is 5.70. The Balaban J connectivity index is 2.43. The SMILES string of the molecule is CCCCNC(=O)c1cn(CCN)nn1. The lowest BCUT2D eigenvalue weighted by molar-refractivity contribution is 0.0948. The highest BCUT2D eigenvalue weighted by atomic mass is 16.1. The van der Waals surface area contributed by atoms with Crippen LogP contribution in [0.4, 0.5) is 0 Å². The number of nitrogens with two attached hydrogens (primary N) is 1. The van der Waals surface area contributed by atoms with Gasteiger partial charge in [-0.1, -0.05) is 18.6 Å². The Bertz CT molecular complexity index is 309. The number of nitrogens with one attached hydrogen (secondary N) is 1. The zero-order valence-corrected chi connectivity index (χ0v) is 8.94. The van der Waals surface area contributed by atoms with E-state index in [0.29, 0.717) is 25.3 Å². The standard InChI is InChI=1S/C9H17N5O/c1-2-3-5-11-9(15)8-7-14(6-4-10)13-12-8/h7H,2-6,10H2,1H3,(H,11,15). The first-order chi connectivity index (χ1) is 7.27. The second-order valence-corrected chi connectivity index (χ2v) is 3.26. The monoisotopic (exact) mass is 211 g/mol. The smallest absolute Gasteiger partial charge is 0.273 e. The summed E-state index contributed by atoms with van der Waals surface area (Å²) in [4.78, 5) is 11.5. The average Bonchev–Trinajstić information content (AvgIpc) is 2.67. The van der Waals surface area contributed by atoms with E-state index in [0.717, 1.165) is 12.8 Å². The molecule has 1 rings (SSSR count). The molecular formula is C9H17N5O. The van der Waals surface area contributed by atoms with Gasteiger partial charge >= 0.3 is 0 Å². The van der Waals surface area contributed by atoms with Crippen LogP contribution in [-0.2, 0) is 6.54 Å². The predicted octanol–water partition coefficient (Wildman–Crippen LogP) is -0.233. The molecule has 0 aliphatic heterocycles. The average molecular weight is 211 g/mol. The first kappa shape index (κ1) is 11.6. The fourth-order valence-electron chi connectivity index (χ4n) is 1.11. The second kappa shape index (κ2) is 6.13. The largest absolute Gasteiger partial charge is 0.351 e. The van der Waals surface area contributed by atoms with Crippen LogP contribution in [0.1, 0.15) is 30.3 Å². The van der Waals surface area contributed by atoms with Crippen LogP contribution in [0, 0.1) is 0 Å². The number of rotatable bonds is 6. The van der Waals surface area contributed by atoms with E-state index in [2.05, 4.69) is 22.6 Å². The molecule has 0 atom stereocenters. The van der Waals surface area contributed by atoms with Crippen LogP contribution < -0.4 is 11.1 Å². The van der Waals surface area contributed by atoms with Crippen molar-refractivity contribution in [3.8, 4) is 0 Å². The van der Waals surface area contributed by atoms with Crippen LogP contribution in [0.2, 0.25) is 0 Å². The lowest BCUT2D eigenvalue weighted by Crippen LogP contribution is -2.24. The fraction of sp³-hybridized carbons (Fsp3) is 0.667. The molecule has 15 heavy (non-hydrogen) atoms. The van der Waals surface area contributed by atoms with Crippen molar-refractivity contribution in [1.82, 2.24) is 20.3 Å². The van der Waals surface area contributed by atoms with Gasteiger partial charge in [-0.15, -0.1) is 5.10 Å². The van der Waals surface area contributed by atoms with E-state index in [1.165, 1.54) is 0 Å². The van der Waals surface area contributed by atoms with Crippen molar-refractivity contribution in [2.45, 2.75) is 26.3 Å². The molecule has 1 aromatic heterocycles. The summed E-state index contributed by atoms with van der Waals surface area (Å²) in [7, 11) is 0. The van der Waals surface area contributed by atoms with Crippen LogP contribution in [0.3, 0.4) is 0 Å². The summed E-state index contributed by atoms with van der Waals surface area (Å²) in [5.74, 6) is -0.174. The molecule has 0 aliphatic rings. The number of amides is 1. The first-order valence-electron chi connectivity index (χ1n) is 5.16. The van der Waals surface area contributed by atoms with Gasteiger partial charge in [0.15, 0.2) is 5.69 Å². The van der Waals surface area contributed by atoms with E-state index >= 15 is 0 Å². The normalized spacial score (nSPS) is 10.3. The molecule has 1 aromatic rings. The Morgan fingerprint density at radius 1 is 1.67 bits per heavy atom. The Labute approximate surface area is 88.8 Å². The van der Waals surface area contributed by atoms with Crippen molar-refractivity contribution in [2.24, 2.45) is 5.73 Å². The van der Waals surface area contributed by atoms with Crippen LogP contribution in [-0.4, -0.2) is 34.0 Å². The quantitative estimate of drug-likeness (QED) is 0.636. The van der Waals surface area contributed by atoms with Gasteiger partial charge in [0, 0.05) is 13.1 Å². The Morgan fingerprint density at radius 3 is 3.13 bits per heavy atom. The van der Waals surface area contributed by atoms with E-state index in [-0.39, 0.29) is 5.91 Å². The van der Waals surface area contributed by atoms with E-state index < -0.39 is 0 Å². The van der Waals surface area contributed by atoms with Gasteiger partial charge in [-0.25, -0.2) is 0 Å². The topological polar surface area (TPSA) is 85.8 Å². The van der Waals surface area contributed by atoms with Crippen molar-refractivity contribution in [3.63, 3.8) is 0 Å². The van der Waals surface area contributed by atoms with Crippen molar-refractivity contribution in [1.29, 1.82) is 0 Å². The molecule has 6 nitrogen and oxygen atoms in total. The molecule has 0 saturated heterocycles. The van der Waals surface area contributed by atoms with Crippen molar-refractivity contribution >= 4 is 5.91 Å². The summed E-state index contributed by atoms with van der Waals surface area (Å²) in [6, 6.07) is 0. The predicted molar refractivity (Wildman–Crippen MR) is 56.3 cm³/mol. The molecule has 0 bridgehead atoms. The zero-order valence-electron chi connectivity index (χ0n) is 8.94. The number of aromatic nitrogens is 3. The molecule has 0 aliphatic carbocycles. The van der Waals surface area contributed by atoms with E-state index in [1.807, 2.05) is 0 Å². The minimum absolute atomic E-state index is 0.174. The minimum Gasteiger partial charge on any atom is -0.351 e. The highest BCUT2D eigenvalue weighted by molar-refractivity contribution is 5.91. The maximum absolute atomic E-state index is 11.5. The molecule has 1 heterocycles. The Kier molecular flexibility index (Phi) is 4.76. The third-order valence-electron chi connectivity index (χ3n) is 1.95. The van der Waals surface area contributed by atoms with E-state index in [1.54, 1.807) is 10.9 Å². The summed E-state index contributed by atoms with van der Waals surface area (Å²) in [5, 5.41) is 10.3. The highest BCUT2D eigenvalue weighted by Crippen LogP contribution is 1.93. The summed E-state index contributed by atoms with van der Waals surface area (Å²) < 4.78 is 1.56. The zero-order chi connectivity index (χ0) is 11.1. The van der Waals surface area contributed by atoms with Gasteiger partial charge < -0.3 is 11.1 Å². The molecular weight excluding hydrogens is 194 g/mol. The Morgan fingerprint density at radius 2 is 2.47 bits per heavy atom. The number of hydrogen-bond donors (Lipinski definition) is 2. The number of unbranched alkanes of at least 4 members (excludes halogenated alkanes) is 1. The molecule has 3 N–H and O–H groups in total. The van der Waals surface area contributed by atoms with E-state index in [9.17, 15) is 4.79 Å². The molecule has 0 fully saturated rings. The molecule has 84 valence electrons. The lowest BCUT2D eigenvalue weighted by Gasteiger charge is -1.99. The fourth-order valence-corrected chi connectivity index (χ4v) is 1.11. The maximum atomic E-state index is 11.5. The molecule has 0 saturated carbocycles. The molecule has 0 spiro atoms. The summed E-state index contributed by atoms with van der Waals surface area (Å²) >= 11 is 0. The van der Waals surface area contributed by atoms with Crippen LogP contribution in [0.5, 0.6) is 0 Å². The van der Waals surface area contributed by atoms with Gasteiger partial charge in [0.1, 0.15) is 0 Å². The number of hydrogen-bond acceptors (Lipinski definition) is 4. The Hall–Kier alpha value is -1.43. The third-order valence-corrected chi connectivity index (χ3v) is 1.95. The van der Waals surface area contributed by atoms with Gasteiger partial charge in [0.2, 0.25) is 0 Å². The van der Waals surface area contributed by atoms with Gasteiger partial charge in [0.25, 0.3) is 5.91 Å². The van der Waals surface area contributed by atoms with Crippen molar-refractivity contribution in [3.05, 3.63) is 11.9 Å². The number of carbonyl (C=O) groups excluding carboxylic acids is 1. The second-order valence-electron chi connectivity index (χ2n) is 3.26. The van der Waals surface area contributed by atoms with Crippen molar-refractivity contribution < 1.29 is 4.79 Å². The minimum atomic E-state index is -0.174. The van der Waals surface area contributed by atoms with E-state index in [4.69, 9.17) is 5.73 Å². The van der Waals surface area contributed by atoms with Crippen molar-refractivity contribution in [2.75, 3.05) is 13.1 Å². The van der Waals surface area contributed by atoms with Crippen LogP contribution >= 0.6 is 0 Å². The van der Waals surface area contributed by atoms with Gasteiger partial charge in [-0.2, -0.15) is 0 Å². The van der Waals surface area contributed by atoms with Gasteiger partial charge in [-0.3, -0.25) is 9.48 Å². The molecule has 0 unspecified atom stereocenters. The maximum Gasteiger partial charge on any atom is 0.273 e. The van der Waals surface area contributed by atoms with Crippen LogP contribution in [0.15, 0.2) is 6.20 Å². The number of carbonyl (C=O) groups is 1. The first-order valence-corrected chi connectivity index (χ1v) is 5.16. The van der Waals surface area contributed by atoms with Gasteiger partial charge in [-0.05, 0) is 6.42 Å². The summed E-state index contributed by atoms with van der Waals surface area (Å²) in [6.45, 7) is 3.82. The molecule has 0 aromatic carbocycles. The highest BCUT2D eigenvalue weighted by Gasteiger charge is 2.08. The third kappa shape index (κ3) is 3.67. The molecule has 6 heteroatoms. The summed E-state index contributed by atoms with van der Waals surface area (Å²) in [6.07, 6.45) is 3.64. The number of nitrogens with zero attached hydrogens (tertiary/aromatic N) is 3. The molecule has 1 amide bonds. The van der Waals surface area contributed by atoms with Crippen LogP contribution in [0.25, 0.3) is 0 Å². The molecule has 0 radical (unpaired) electrons. The lowest BCUT2D eigenvalue weighted by atomic mass is 10.3.